The molecule has 2 heterocycles. The molecule has 6 nitrogen and oxygen atoms in total. The van der Waals surface area contributed by atoms with Gasteiger partial charge in [0.15, 0.2) is 0 Å². The number of rotatable bonds is 2. The van der Waals surface area contributed by atoms with Gasteiger partial charge in [-0.05, 0) is 56.2 Å². The Morgan fingerprint density at radius 3 is 2.57 bits per heavy atom. The monoisotopic (exact) mass is 381 g/mol. The highest BCUT2D eigenvalue weighted by Crippen LogP contribution is 2.37. The highest BCUT2D eigenvalue weighted by Gasteiger charge is 2.43. The number of carbonyl (C=O) groups excluding carboxylic acids is 2. The summed E-state index contributed by atoms with van der Waals surface area (Å²) in [6.07, 6.45) is 0.784. The van der Waals surface area contributed by atoms with E-state index >= 15 is 0 Å². The minimum absolute atomic E-state index is 0.0271. The Kier molecular flexibility index (Phi) is 4.83. The first-order valence-electron chi connectivity index (χ1n) is 9.94. The maximum absolute atomic E-state index is 13.3. The number of aliphatic hydroxyl groups is 1. The lowest BCUT2D eigenvalue weighted by molar-refractivity contribution is -0.121. The van der Waals surface area contributed by atoms with Crippen molar-refractivity contribution >= 4 is 22.7 Å². The van der Waals surface area contributed by atoms with Gasteiger partial charge in [-0.2, -0.15) is 0 Å². The van der Waals surface area contributed by atoms with Crippen LogP contribution in [0.5, 0.6) is 0 Å². The number of nitrogens with zero attached hydrogens (tertiary/aromatic N) is 2. The molecule has 0 spiro atoms. The number of benzene rings is 1. The molecule has 0 bridgehead atoms. The first kappa shape index (κ1) is 18.9. The minimum atomic E-state index is -0.549. The van der Waals surface area contributed by atoms with E-state index < -0.39 is 6.10 Å². The number of hydrogen-bond acceptors (Lipinski definition) is 4. The molecule has 1 aliphatic carbocycles. The third kappa shape index (κ3) is 3.49. The zero-order valence-electron chi connectivity index (χ0n) is 16.6. The van der Waals surface area contributed by atoms with Crippen LogP contribution in [0.2, 0.25) is 0 Å². The summed E-state index contributed by atoms with van der Waals surface area (Å²) >= 11 is 0. The molecule has 1 aromatic carbocycles. The normalized spacial score (nSPS) is 26.9. The number of amides is 2. The molecule has 148 valence electrons. The Hall–Kier alpha value is -2.47. The third-order valence-corrected chi connectivity index (χ3v) is 6.14. The molecule has 2 fully saturated rings. The Bertz CT molecular complexity index is 937. The fraction of sp³-hybridized carbons (Fsp3) is 0.500. The predicted molar refractivity (Wildman–Crippen MR) is 107 cm³/mol. The van der Waals surface area contributed by atoms with E-state index in [1.54, 1.807) is 0 Å². The van der Waals surface area contributed by atoms with Gasteiger partial charge in [0.25, 0.3) is 5.91 Å². The van der Waals surface area contributed by atoms with E-state index in [9.17, 15) is 14.7 Å². The van der Waals surface area contributed by atoms with E-state index in [-0.39, 0.29) is 23.8 Å². The lowest BCUT2D eigenvalue weighted by Crippen LogP contribution is -2.48. The SMILES string of the molecule is CC(=O)N[C@@H]1C[C@@H]2CN(C(=O)c3cc(C)nc4cc(C)ccc34)C[C@@H]2C[C@H]1O. The number of fused-ring (bicyclic) bond motifs is 2. The average molecular weight is 381 g/mol. The zero-order valence-corrected chi connectivity index (χ0v) is 16.6. The van der Waals surface area contributed by atoms with Gasteiger partial charge < -0.3 is 15.3 Å². The van der Waals surface area contributed by atoms with Crippen LogP contribution in [0, 0.1) is 25.7 Å². The number of likely N-dealkylation sites (tertiary alicyclic amines) is 1. The topological polar surface area (TPSA) is 82.5 Å². The van der Waals surface area contributed by atoms with Gasteiger partial charge in [0.1, 0.15) is 0 Å². The van der Waals surface area contributed by atoms with Crippen molar-refractivity contribution < 1.29 is 14.7 Å². The first-order valence-corrected chi connectivity index (χ1v) is 9.94. The molecule has 0 radical (unpaired) electrons. The molecule has 6 heteroatoms. The standard InChI is InChI=1S/C22H27N3O3/c1-12-4-5-17-18(7-13(2)23-19(17)6-12)22(28)25-10-15-8-20(24-14(3)26)21(27)9-16(15)11-25/h4-7,15-16,20-21,27H,8-11H2,1-3H3,(H,24,26)/t15-,16+,20-,21-/m1/s1. The van der Waals surface area contributed by atoms with E-state index in [0.29, 0.717) is 37.4 Å². The molecule has 4 atom stereocenters. The fourth-order valence-corrected chi connectivity index (χ4v) is 4.83. The Morgan fingerprint density at radius 1 is 1.14 bits per heavy atom. The molecule has 2 aliphatic rings. The van der Waals surface area contributed by atoms with Crippen molar-refractivity contribution in [3.8, 4) is 0 Å². The van der Waals surface area contributed by atoms with Crippen molar-refractivity contribution in [3.63, 3.8) is 0 Å². The lowest BCUT2D eigenvalue weighted by Gasteiger charge is -2.35. The number of aryl methyl sites for hydroxylation is 2. The summed E-state index contributed by atoms with van der Waals surface area (Å²) in [6.45, 7) is 6.73. The Balaban J connectivity index is 1.57. The van der Waals surface area contributed by atoms with Crippen LogP contribution in [-0.2, 0) is 4.79 Å². The largest absolute Gasteiger partial charge is 0.391 e. The predicted octanol–water partition coefficient (Wildman–Crippen LogP) is 2.20. The molecule has 1 aromatic heterocycles. The van der Waals surface area contributed by atoms with Gasteiger partial charge in [-0.3, -0.25) is 14.6 Å². The van der Waals surface area contributed by atoms with Gasteiger partial charge in [0, 0.05) is 31.1 Å². The van der Waals surface area contributed by atoms with Crippen LogP contribution in [0.4, 0.5) is 0 Å². The highest BCUT2D eigenvalue weighted by atomic mass is 16.3. The number of aromatic nitrogens is 1. The summed E-state index contributed by atoms with van der Waals surface area (Å²) in [5.74, 6) is 0.489. The van der Waals surface area contributed by atoms with E-state index in [1.807, 2.05) is 43.0 Å². The zero-order chi connectivity index (χ0) is 20.0. The minimum Gasteiger partial charge on any atom is -0.391 e. The number of pyridine rings is 1. The van der Waals surface area contributed by atoms with E-state index in [1.165, 1.54) is 6.92 Å². The molecule has 0 unspecified atom stereocenters. The second-order valence-corrected chi connectivity index (χ2v) is 8.41. The molecule has 2 aromatic rings. The molecule has 28 heavy (non-hydrogen) atoms. The van der Waals surface area contributed by atoms with Crippen molar-refractivity contribution in [1.82, 2.24) is 15.2 Å². The molecule has 4 rings (SSSR count). The molecule has 2 N–H and O–H groups in total. The van der Waals surface area contributed by atoms with Crippen LogP contribution in [0.3, 0.4) is 0 Å². The lowest BCUT2D eigenvalue weighted by atomic mass is 9.77. The molecule has 2 amide bonds. The summed E-state index contributed by atoms with van der Waals surface area (Å²) in [7, 11) is 0. The van der Waals surface area contributed by atoms with Gasteiger partial charge in [-0.25, -0.2) is 0 Å². The number of carbonyl (C=O) groups is 2. The smallest absolute Gasteiger partial charge is 0.254 e. The second kappa shape index (κ2) is 7.17. The van der Waals surface area contributed by atoms with Crippen molar-refractivity contribution in [2.45, 2.75) is 45.8 Å². The van der Waals surface area contributed by atoms with Gasteiger partial charge in [-0.1, -0.05) is 12.1 Å². The molecular formula is C22H27N3O3. The van der Waals surface area contributed by atoms with Crippen LogP contribution < -0.4 is 5.32 Å². The highest BCUT2D eigenvalue weighted by molar-refractivity contribution is 6.06. The summed E-state index contributed by atoms with van der Waals surface area (Å²) < 4.78 is 0. The van der Waals surface area contributed by atoms with Crippen molar-refractivity contribution in [3.05, 3.63) is 41.1 Å². The number of aliphatic hydroxyl groups excluding tert-OH is 1. The number of nitrogens with one attached hydrogen (secondary N) is 1. The van der Waals surface area contributed by atoms with Gasteiger partial charge in [0.05, 0.1) is 23.2 Å². The van der Waals surface area contributed by atoms with Crippen molar-refractivity contribution in [2.24, 2.45) is 11.8 Å². The Morgan fingerprint density at radius 2 is 1.86 bits per heavy atom. The van der Waals surface area contributed by atoms with Crippen LogP contribution in [0.15, 0.2) is 24.3 Å². The summed E-state index contributed by atoms with van der Waals surface area (Å²) in [6, 6.07) is 7.65. The molecule has 1 aliphatic heterocycles. The molecule has 1 saturated heterocycles. The quantitative estimate of drug-likeness (QED) is 0.836. The van der Waals surface area contributed by atoms with Crippen LogP contribution >= 0.6 is 0 Å². The summed E-state index contributed by atoms with van der Waals surface area (Å²) in [4.78, 5) is 31.2. The second-order valence-electron chi connectivity index (χ2n) is 8.41. The van der Waals surface area contributed by atoms with Gasteiger partial charge >= 0.3 is 0 Å². The Labute approximate surface area is 164 Å². The maximum Gasteiger partial charge on any atom is 0.254 e. The van der Waals surface area contributed by atoms with E-state index in [4.69, 9.17) is 0 Å². The van der Waals surface area contributed by atoms with Crippen LogP contribution in [0.25, 0.3) is 10.9 Å². The van der Waals surface area contributed by atoms with E-state index in [2.05, 4.69) is 10.3 Å². The third-order valence-electron chi connectivity index (χ3n) is 6.14. The van der Waals surface area contributed by atoms with Gasteiger partial charge in [-0.15, -0.1) is 0 Å². The fourth-order valence-electron chi connectivity index (χ4n) is 4.83. The van der Waals surface area contributed by atoms with E-state index in [0.717, 1.165) is 22.2 Å². The maximum atomic E-state index is 13.3. The van der Waals surface area contributed by atoms with Crippen molar-refractivity contribution in [2.75, 3.05) is 13.1 Å². The average Bonchev–Trinajstić information content (AvgIpc) is 3.02. The van der Waals surface area contributed by atoms with Crippen LogP contribution in [-0.4, -0.2) is 52.0 Å². The van der Waals surface area contributed by atoms with Crippen LogP contribution in [0.1, 0.15) is 41.4 Å². The van der Waals surface area contributed by atoms with Gasteiger partial charge in [0.2, 0.25) is 5.91 Å². The summed E-state index contributed by atoms with van der Waals surface area (Å²) in [5, 5.41) is 14.1. The number of hydrogen-bond donors (Lipinski definition) is 2. The van der Waals surface area contributed by atoms with Crippen molar-refractivity contribution in [1.29, 1.82) is 0 Å². The first-order chi connectivity index (χ1) is 13.3. The summed E-state index contributed by atoms with van der Waals surface area (Å²) in [5.41, 5.74) is 3.50. The molecule has 1 saturated carbocycles. The molecular weight excluding hydrogens is 354 g/mol.